The Morgan fingerprint density at radius 2 is 1.85 bits per heavy atom. The van der Waals surface area contributed by atoms with E-state index in [0.717, 1.165) is 17.1 Å². The van der Waals surface area contributed by atoms with E-state index in [2.05, 4.69) is 10.4 Å². The minimum absolute atomic E-state index is 0.302. The third-order valence-electron chi connectivity index (χ3n) is 3.90. The lowest BCUT2D eigenvalue weighted by atomic mass is 10.2. The molecule has 1 unspecified atom stereocenters. The maximum Gasteiger partial charge on any atom is 0.265 e. The number of amides is 1. The van der Waals surface area contributed by atoms with E-state index in [4.69, 9.17) is 4.74 Å². The fourth-order valence-electron chi connectivity index (χ4n) is 2.64. The molecule has 1 heterocycles. The van der Waals surface area contributed by atoms with Crippen molar-refractivity contribution < 1.29 is 13.9 Å². The highest BCUT2D eigenvalue weighted by Crippen LogP contribution is 2.22. The second-order valence-electron chi connectivity index (χ2n) is 6.06. The first-order chi connectivity index (χ1) is 12.4. The summed E-state index contributed by atoms with van der Waals surface area (Å²) in [4.78, 5) is 12.5. The summed E-state index contributed by atoms with van der Waals surface area (Å²) in [6.07, 6.45) is -0.742. The van der Waals surface area contributed by atoms with Gasteiger partial charge >= 0.3 is 0 Å². The highest BCUT2D eigenvalue weighted by Gasteiger charge is 2.17. The van der Waals surface area contributed by atoms with Crippen LogP contribution in [0.15, 0.2) is 54.6 Å². The average Bonchev–Trinajstić information content (AvgIpc) is 2.95. The Hall–Kier alpha value is -3.15. The number of nitrogens with zero attached hydrogens (tertiary/aromatic N) is 2. The lowest BCUT2D eigenvalue weighted by Crippen LogP contribution is -2.30. The summed E-state index contributed by atoms with van der Waals surface area (Å²) in [5.41, 5.74) is 3.29. The molecule has 1 atom stereocenters. The van der Waals surface area contributed by atoms with Gasteiger partial charge in [0.25, 0.3) is 5.91 Å². The fraction of sp³-hybridized carbons (Fsp3) is 0.200. The molecule has 0 aliphatic carbocycles. The Balaban J connectivity index is 1.77. The van der Waals surface area contributed by atoms with Crippen molar-refractivity contribution in [3.05, 3.63) is 71.8 Å². The number of halogens is 1. The number of nitrogens with one attached hydrogen (secondary N) is 1. The SMILES string of the molecule is Cc1cc(C)n(-c2ccccc2NC(=O)C(C)Oc2ccc(F)cc2)n1. The first kappa shape index (κ1) is 17.7. The number of aryl methyl sites for hydroxylation is 2. The smallest absolute Gasteiger partial charge is 0.265 e. The Morgan fingerprint density at radius 3 is 2.50 bits per heavy atom. The standard InChI is InChI=1S/C20H20FN3O2/c1-13-12-14(2)24(23-13)19-7-5-4-6-18(19)22-20(25)15(3)26-17-10-8-16(21)9-11-17/h4-12,15H,1-3H3,(H,22,25). The molecule has 26 heavy (non-hydrogen) atoms. The zero-order valence-corrected chi connectivity index (χ0v) is 14.9. The van der Waals surface area contributed by atoms with Gasteiger partial charge in [-0.2, -0.15) is 5.10 Å². The topological polar surface area (TPSA) is 56.2 Å². The molecule has 1 N–H and O–H groups in total. The summed E-state index contributed by atoms with van der Waals surface area (Å²) >= 11 is 0. The number of anilines is 1. The van der Waals surface area contributed by atoms with Gasteiger partial charge in [-0.1, -0.05) is 12.1 Å². The molecule has 134 valence electrons. The van der Waals surface area contributed by atoms with Gasteiger partial charge in [-0.25, -0.2) is 9.07 Å². The van der Waals surface area contributed by atoms with Crippen molar-refractivity contribution in [1.29, 1.82) is 0 Å². The molecule has 6 heteroatoms. The molecule has 0 aliphatic rings. The Kier molecular flexibility index (Phi) is 5.02. The predicted octanol–water partition coefficient (Wildman–Crippen LogP) is 4.03. The predicted molar refractivity (Wildman–Crippen MR) is 98.2 cm³/mol. The molecular formula is C20H20FN3O2. The van der Waals surface area contributed by atoms with Crippen LogP contribution in [0.1, 0.15) is 18.3 Å². The molecule has 0 spiro atoms. The minimum Gasteiger partial charge on any atom is -0.481 e. The van der Waals surface area contributed by atoms with Crippen LogP contribution in [0.2, 0.25) is 0 Å². The number of ether oxygens (including phenoxy) is 1. The summed E-state index contributed by atoms with van der Waals surface area (Å²) in [5, 5.41) is 7.35. The van der Waals surface area contributed by atoms with E-state index in [1.54, 1.807) is 11.6 Å². The minimum atomic E-state index is -0.742. The number of aromatic nitrogens is 2. The van der Waals surface area contributed by atoms with Crippen LogP contribution >= 0.6 is 0 Å². The molecule has 0 fully saturated rings. The molecule has 3 rings (SSSR count). The van der Waals surface area contributed by atoms with E-state index < -0.39 is 6.10 Å². The van der Waals surface area contributed by atoms with Crippen molar-refractivity contribution in [2.75, 3.05) is 5.32 Å². The summed E-state index contributed by atoms with van der Waals surface area (Å²) in [5.74, 6) is -0.225. The zero-order chi connectivity index (χ0) is 18.7. The Morgan fingerprint density at radius 1 is 1.15 bits per heavy atom. The van der Waals surface area contributed by atoms with Crippen LogP contribution in [-0.4, -0.2) is 21.8 Å². The van der Waals surface area contributed by atoms with Crippen molar-refractivity contribution in [3.8, 4) is 11.4 Å². The molecule has 0 aliphatic heterocycles. The first-order valence-corrected chi connectivity index (χ1v) is 8.30. The van der Waals surface area contributed by atoms with Gasteiger partial charge in [-0.15, -0.1) is 0 Å². The average molecular weight is 353 g/mol. The number of rotatable bonds is 5. The van der Waals surface area contributed by atoms with Crippen LogP contribution in [0.5, 0.6) is 5.75 Å². The van der Waals surface area contributed by atoms with Gasteiger partial charge in [0.15, 0.2) is 6.10 Å². The molecular weight excluding hydrogens is 333 g/mol. The van der Waals surface area contributed by atoms with E-state index in [9.17, 15) is 9.18 Å². The van der Waals surface area contributed by atoms with E-state index in [0.29, 0.717) is 11.4 Å². The van der Waals surface area contributed by atoms with Crippen molar-refractivity contribution >= 4 is 11.6 Å². The summed E-state index contributed by atoms with van der Waals surface area (Å²) in [7, 11) is 0. The van der Waals surface area contributed by atoms with Crippen LogP contribution in [0.3, 0.4) is 0 Å². The molecule has 0 radical (unpaired) electrons. The quantitative estimate of drug-likeness (QED) is 0.753. The maximum absolute atomic E-state index is 13.0. The zero-order valence-electron chi connectivity index (χ0n) is 14.9. The van der Waals surface area contributed by atoms with Crippen molar-refractivity contribution in [2.24, 2.45) is 0 Å². The lowest BCUT2D eigenvalue weighted by molar-refractivity contribution is -0.122. The van der Waals surface area contributed by atoms with E-state index in [1.165, 1.54) is 24.3 Å². The molecule has 1 amide bonds. The third kappa shape index (κ3) is 3.91. The van der Waals surface area contributed by atoms with E-state index >= 15 is 0 Å². The Bertz CT molecular complexity index is 919. The largest absolute Gasteiger partial charge is 0.481 e. The molecule has 0 bridgehead atoms. The van der Waals surface area contributed by atoms with E-state index in [1.807, 2.05) is 44.2 Å². The number of benzene rings is 2. The molecule has 0 saturated carbocycles. The normalized spacial score (nSPS) is 11.8. The lowest BCUT2D eigenvalue weighted by Gasteiger charge is -2.17. The number of carbonyl (C=O) groups is 1. The van der Waals surface area contributed by atoms with Gasteiger partial charge in [-0.3, -0.25) is 4.79 Å². The highest BCUT2D eigenvalue weighted by atomic mass is 19.1. The highest BCUT2D eigenvalue weighted by molar-refractivity contribution is 5.95. The molecule has 0 saturated heterocycles. The summed E-state index contributed by atoms with van der Waals surface area (Å²) in [6.45, 7) is 5.52. The fourth-order valence-corrected chi connectivity index (χ4v) is 2.64. The number of hydrogen-bond acceptors (Lipinski definition) is 3. The van der Waals surface area contributed by atoms with Gasteiger partial charge in [0, 0.05) is 5.69 Å². The third-order valence-corrected chi connectivity index (χ3v) is 3.90. The van der Waals surface area contributed by atoms with Crippen LogP contribution in [0.25, 0.3) is 5.69 Å². The van der Waals surface area contributed by atoms with Crippen LogP contribution in [0, 0.1) is 19.7 Å². The van der Waals surface area contributed by atoms with E-state index in [-0.39, 0.29) is 11.7 Å². The van der Waals surface area contributed by atoms with Gasteiger partial charge in [0.05, 0.1) is 17.1 Å². The van der Waals surface area contributed by atoms with Crippen LogP contribution in [0.4, 0.5) is 10.1 Å². The van der Waals surface area contributed by atoms with Crippen LogP contribution in [-0.2, 0) is 4.79 Å². The van der Waals surface area contributed by atoms with Crippen LogP contribution < -0.4 is 10.1 Å². The molecule has 3 aromatic rings. The second kappa shape index (κ2) is 7.39. The Labute approximate surface area is 151 Å². The monoisotopic (exact) mass is 353 g/mol. The van der Waals surface area contributed by atoms with Gasteiger partial charge in [0.2, 0.25) is 0 Å². The van der Waals surface area contributed by atoms with Gasteiger partial charge < -0.3 is 10.1 Å². The van der Waals surface area contributed by atoms with Gasteiger partial charge in [0.1, 0.15) is 11.6 Å². The van der Waals surface area contributed by atoms with Crippen molar-refractivity contribution in [1.82, 2.24) is 9.78 Å². The summed E-state index contributed by atoms with van der Waals surface area (Å²) in [6, 6.07) is 15.0. The molecule has 2 aromatic carbocycles. The molecule has 5 nitrogen and oxygen atoms in total. The summed E-state index contributed by atoms with van der Waals surface area (Å²) < 4.78 is 20.3. The number of carbonyl (C=O) groups excluding carboxylic acids is 1. The van der Waals surface area contributed by atoms with Crippen molar-refractivity contribution in [3.63, 3.8) is 0 Å². The number of hydrogen-bond donors (Lipinski definition) is 1. The second-order valence-corrected chi connectivity index (χ2v) is 6.06. The van der Waals surface area contributed by atoms with Crippen molar-refractivity contribution in [2.45, 2.75) is 26.9 Å². The molecule has 1 aromatic heterocycles. The first-order valence-electron chi connectivity index (χ1n) is 8.30. The number of para-hydroxylation sites is 2. The maximum atomic E-state index is 13.0. The van der Waals surface area contributed by atoms with Gasteiger partial charge in [-0.05, 0) is 63.2 Å².